The van der Waals surface area contributed by atoms with Crippen molar-refractivity contribution in [1.82, 2.24) is 5.32 Å². The Hall–Kier alpha value is -3.07. The van der Waals surface area contributed by atoms with E-state index < -0.39 is 21.6 Å². The summed E-state index contributed by atoms with van der Waals surface area (Å²) in [4.78, 5) is 12.6. The number of ketones is 1. The monoisotopic (exact) mass is 465 g/mol. The molecule has 8 heteroatoms. The molecule has 0 amide bonds. The van der Waals surface area contributed by atoms with Gasteiger partial charge in [-0.2, -0.15) is 10.5 Å². The van der Waals surface area contributed by atoms with E-state index in [0.717, 1.165) is 25.5 Å². The van der Waals surface area contributed by atoms with Crippen LogP contribution in [0.2, 0.25) is 0 Å². The highest BCUT2D eigenvalue weighted by atomic mass is 32.2. The van der Waals surface area contributed by atoms with Crippen LogP contribution in [-0.2, 0) is 21.1 Å². The highest BCUT2D eigenvalue weighted by Gasteiger charge is 2.42. The lowest BCUT2D eigenvalue weighted by molar-refractivity contribution is -0.122. The van der Waals surface area contributed by atoms with Gasteiger partial charge >= 0.3 is 0 Å². The van der Waals surface area contributed by atoms with Gasteiger partial charge in [0, 0.05) is 18.7 Å². The van der Waals surface area contributed by atoms with Crippen LogP contribution < -0.4 is 5.32 Å². The lowest BCUT2D eigenvalue weighted by atomic mass is 9.88. The van der Waals surface area contributed by atoms with Crippen LogP contribution in [0.5, 0.6) is 0 Å². The van der Waals surface area contributed by atoms with Crippen LogP contribution in [0.1, 0.15) is 36.8 Å². The van der Waals surface area contributed by atoms with Crippen molar-refractivity contribution in [2.24, 2.45) is 11.8 Å². The van der Waals surface area contributed by atoms with Crippen LogP contribution in [-0.4, -0.2) is 32.5 Å². The Labute approximate surface area is 193 Å². The van der Waals surface area contributed by atoms with Gasteiger partial charge in [-0.15, -0.1) is 0 Å². The van der Waals surface area contributed by atoms with Crippen molar-refractivity contribution >= 4 is 15.6 Å². The number of carbonyl (C=O) groups excluding carboxylic acids is 1. The number of halogens is 1. The highest BCUT2D eigenvalue weighted by molar-refractivity contribution is 7.90. The quantitative estimate of drug-likeness (QED) is 0.669. The number of hydrogen-bond acceptors (Lipinski definition) is 6. The molecule has 0 aromatic heterocycles. The van der Waals surface area contributed by atoms with E-state index in [9.17, 15) is 22.9 Å². The maximum atomic E-state index is 14.9. The molecule has 1 aliphatic heterocycles. The first-order chi connectivity index (χ1) is 15.7. The average molecular weight is 466 g/mol. The van der Waals surface area contributed by atoms with Gasteiger partial charge in [-0.1, -0.05) is 18.2 Å². The molecule has 1 saturated carbocycles. The first-order valence-corrected chi connectivity index (χ1v) is 12.8. The zero-order valence-electron chi connectivity index (χ0n) is 18.2. The second-order valence-corrected chi connectivity index (χ2v) is 11.0. The van der Waals surface area contributed by atoms with Crippen molar-refractivity contribution in [2.45, 2.75) is 49.1 Å². The van der Waals surface area contributed by atoms with Gasteiger partial charge in [-0.25, -0.2) is 12.8 Å². The van der Waals surface area contributed by atoms with Crippen molar-refractivity contribution in [3.05, 3.63) is 53.3 Å². The molecule has 0 radical (unpaired) electrons. The van der Waals surface area contributed by atoms with E-state index in [1.807, 2.05) is 6.07 Å². The van der Waals surface area contributed by atoms with Crippen LogP contribution in [0.4, 0.5) is 4.39 Å². The summed E-state index contributed by atoms with van der Waals surface area (Å²) in [5.74, 6) is -0.771. The average Bonchev–Trinajstić information content (AvgIpc) is 3.42. The number of piperidine rings is 1. The van der Waals surface area contributed by atoms with E-state index in [4.69, 9.17) is 5.26 Å². The van der Waals surface area contributed by atoms with Crippen molar-refractivity contribution in [2.75, 3.05) is 6.26 Å². The number of nitrogens with one attached hydrogen (secondary N) is 1. The number of hydrogen-bond donors (Lipinski definition) is 1. The van der Waals surface area contributed by atoms with Gasteiger partial charge in [-0.05, 0) is 66.5 Å². The smallest absolute Gasteiger partial charge is 0.176 e. The molecule has 2 aliphatic rings. The fraction of sp³-hybridized carbons (Fsp3) is 0.400. The Bertz CT molecular complexity index is 1290. The van der Waals surface area contributed by atoms with E-state index in [1.165, 1.54) is 18.2 Å². The molecule has 1 unspecified atom stereocenters. The van der Waals surface area contributed by atoms with Crippen LogP contribution in [0, 0.1) is 40.3 Å². The first-order valence-electron chi connectivity index (χ1n) is 10.9. The lowest BCUT2D eigenvalue weighted by Crippen LogP contribution is -2.42. The van der Waals surface area contributed by atoms with Crippen molar-refractivity contribution in [1.29, 1.82) is 10.5 Å². The van der Waals surface area contributed by atoms with Gasteiger partial charge in [0.2, 0.25) is 0 Å². The molecule has 2 bridgehead atoms. The number of fused-ring (bicyclic) bond motifs is 2. The molecule has 4 rings (SSSR count). The number of sulfone groups is 1. The molecule has 2 fully saturated rings. The van der Waals surface area contributed by atoms with Crippen molar-refractivity contribution in [3.63, 3.8) is 0 Å². The minimum atomic E-state index is -3.63. The first kappa shape index (κ1) is 23.1. The van der Waals surface area contributed by atoms with E-state index in [1.54, 1.807) is 18.2 Å². The second kappa shape index (κ2) is 9.05. The van der Waals surface area contributed by atoms with E-state index in [-0.39, 0.29) is 35.1 Å². The topological polar surface area (TPSA) is 111 Å². The summed E-state index contributed by atoms with van der Waals surface area (Å²) in [6.45, 7) is 0. The highest BCUT2D eigenvalue weighted by Crippen LogP contribution is 2.36. The largest absolute Gasteiger partial charge is 0.304 e. The molecule has 4 atom stereocenters. The van der Waals surface area contributed by atoms with E-state index in [2.05, 4.69) is 11.4 Å². The molecule has 2 aromatic rings. The molecule has 1 N–H and O–H groups in total. The standard InChI is InChI=1S/C25H24FN3O3S/c1-33(31,32)24-12-17(3-5-20(24)14-28)16-2-4-18(22(26)11-16)8-15(13-27)9-23(30)25-19-6-7-21(10-19)29-25/h2-5,11-12,15,19,21,25,29H,6-10H2,1H3/t15?,19-,21+,25-/m0/s1. The Balaban J connectivity index is 1.50. The minimum Gasteiger partial charge on any atom is -0.304 e. The maximum absolute atomic E-state index is 14.9. The normalized spacial score (nSPS) is 22.5. The fourth-order valence-corrected chi connectivity index (χ4v) is 5.86. The van der Waals surface area contributed by atoms with Gasteiger partial charge in [0.25, 0.3) is 0 Å². The number of Topliss-reactive ketones (excluding diaryl/α,β-unsaturated/α-hetero) is 1. The molecule has 1 aliphatic carbocycles. The summed E-state index contributed by atoms with van der Waals surface area (Å²) in [7, 11) is -3.63. The van der Waals surface area contributed by atoms with Crippen LogP contribution in [0.25, 0.3) is 11.1 Å². The van der Waals surface area contributed by atoms with Crippen molar-refractivity contribution < 1.29 is 17.6 Å². The second-order valence-electron chi connectivity index (χ2n) is 9.02. The third kappa shape index (κ3) is 4.83. The zero-order valence-corrected chi connectivity index (χ0v) is 19.0. The summed E-state index contributed by atoms with van der Waals surface area (Å²) in [5, 5.41) is 22.1. The number of rotatable bonds is 7. The predicted octanol–water partition coefficient (Wildman–Crippen LogP) is 3.55. The molecule has 1 heterocycles. The van der Waals surface area contributed by atoms with Gasteiger partial charge < -0.3 is 5.32 Å². The third-order valence-corrected chi connectivity index (χ3v) is 7.83. The summed E-state index contributed by atoms with van der Waals surface area (Å²) in [5.41, 5.74) is 1.29. The fourth-order valence-electron chi connectivity index (χ4n) is 5.01. The molecule has 33 heavy (non-hydrogen) atoms. The Morgan fingerprint density at radius 1 is 1.18 bits per heavy atom. The van der Waals surface area contributed by atoms with Gasteiger partial charge in [0.05, 0.1) is 28.5 Å². The summed E-state index contributed by atoms with van der Waals surface area (Å²) < 4.78 is 38.9. The Morgan fingerprint density at radius 2 is 1.91 bits per heavy atom. The summed E-state index contributed by atoms with van der Waals surface area (Å²) in [6, 6.07) is 13.1. The van der Waals surface area contributed by atoms with Gasteiger partial charge in [0.1, 0.15) is 11.9 Å². The Morgan fingerprint density at radius 3 is 2.48 bits per heavy atom. The molecule has 1 saturated heterocycles. The molecule has 6 nitrogen and oxygen atoms in total. The third-order valence-electron chi connectivity index (χ3n) is 6.69. The molecule has 2 aromatic carbocycles. The zero-order chi connectivity index (χ0) is 23.8. The van der Waals surface area contributed by atoms with E-state index >= 15 is 0 Å². The molecular weight excluding hydrogens is 441 g/mol. The number of benzene rings is 2. The summed E-state index contributed by atoms with van der Waals surface area (Å²) >= 11 is 0. The number of nitrogens with zero attached hydrogens (tertiary/aromatic N) is 2. The molecular formula is C25H24FN3O3S. The minimum absolute atomic E-state index is 0.0247. The van der Waals surface area contributed by atoms with E-state index in [0.29, 0.717) is 28.7 Å². The van der Waals surface area contributed by atoms with Crippen LogP contribution in [0.15, 0.2) is 41.3 Å². The number of carbonyl (C=O) groups is 1. The van der Waals surface area contributed by atoms with Crippen LogP contribution in [0.3, 0.4) is 0 Å². The Kier molecular flexibility index (Phi) is 6.34. The van der Waals surface area contributed by atoms with Gasteiger partial charge in [0.15, 0.2) is 15.6 Å². The molecule has 170 valence electrons. The number of nitriles is 2. The van der Waals surface area contributed by atoms with Crippen molar-refractivity contribution in [3.8, 4) is 23.3 Å². The lowest BCUT2D eigenvalue weighted by Gasteiger charge is -2.22. The molecule has 0 spiro atoms. The maximum Gasteiger partial charge on any atom is 0.176 e. The predicted molar refractivity (Wildman–Crippen MR) is 120 cm³/mol. The summed E-state index contributed by atoms with van der Waals surface area (Å²) in [6.07, 6.45) is 4.38. The van der Waals surface area contributed by atoms with Crippen LogP contribution >= 0.6 is 0 Å². The van der Waals surface area contributed by atoms with Gasteiger partial charge in [-0.3, -0.25) is 4.79 Å². The SMILES string of the molecule is CS(=O)(=O)c1cc(-c2ccc(CC(C#N)CC(=O)[C@H]3N[C@@H]4CC[C@H]3C4)c(F)c2)ccc1C#N.